The van der Waals surface area contributed by atoms with Gasteiger partial charge in [-0.2, -0.15) is 5.26 Å². The van der Waals surface area contributed by atoms with E-state index < -0.39 is 5.82 Å². The van der Waals surface area contributed by atoms with Crippen molar-refractivity contribution in [2.45, 2.75) is 13.3 Å². The molecular weight excluding hydrogens is 155 g/mol. The Kier molecular flexibility index (Phi) is 2.29. The van der Waals surface area contributed by atoms with Crippen LogP contribution in [0.4, 0.5) is 10.1 Å². The zero-order valence-corrected chi connectivity index (χ0v) is 6.76. The summed E-state index contributed by atoms with van der Waals surface area (Å²) in [5, 5.41) is 8.40. The van der Waals surface area contributed by atoms with E-state index in [-0.39, 0.29) is 12.1 Å². The molecule has 3 heteroatoms. The minimum atomic E-state index is -0.414. The first-order chi connectivity index (χ1) is 5.66. The lowest BCUT2D eigenvalue weighted by Gasteiger charge is -2.04. The van der Waals surface area contributed by atoms with Crippen LogP contribution in [0.2, 0.25) is 0 Å². The highest BCUT2D eigenvalue weighted by Crippen LogP contribution is 2.18. The fraction of sp³-hybridized carbons (Fsp3) is 0.222. The van der Waals surface area contributed by atoms with Gasteiger partial charge in [0.2, 0.25) is 0 Å². The van der Waals surface area contributed by atoms with Crippen LogP contribution in [-0.2, 0) is 6.42 Å². The Morgan fingerprint density at radius 3 is 2.83 bits per heavy atom. The minimum absolute atomic E-state index is 0.134. The van der Waals surface area contributed by atoms with Crippen molar-refractivity contribution in [2.24, 2.45) is 0 Å². The fourth-order valence-corrected chi connectivity index (χ4v) is 1.02. The molecule has 1 aromatic rings. The van der Waals surface area contributed by atoms with Gasteiger partial charge in [0.1, 0.15) is 5.82 Å². The van der Waals surface area contributed by atoms with Crippen molar-refractivity contribution in [3.05, 3.63) is 29.1 Å². The van der Waals surface area contributed by atoms with Gasteiger partial charge in [0.15, 0.2) is 0 Å². The van der Waals surface area contributed by atoms with Gasteiger partial charge in [-0.15, -0.1) is 0 Å². The average molecular weight is 164 g/mol. The molecule has 12 heavy (non-hydrogen) atoms. The highest BCUT2D eigenvalue weighted by atomic mass is 19.1. The maximum atomic E-state index is 13.1. The molecule has 0 bridgehead atoms. The van der Waals surface area contributed by atoms with Gasteiger partial charge in [-0.1, -0.05) is 6.07 Å². The maximum absolute atomic E-state index is 13.1. The zero-order chi connectivity index (χ0) is 9.14. The largest absolute Gasteiger partial charge is 0.396 e. The molecule has 0 amide bonds. The van der Waals surface area contributed by atoms with Crippen LogP contribution >= 0.6 is 0 Å². The Balaban J connectivity index is 3.19. The first kappa shape index (κ1) is 8.54. The second-order valence-electron chi connectivity index (χ2n) is 2.59. The molecule has 0 aromatic heterocycles. The number of hydrogen-bond donors (Lipinski definition) is 1. The first-order valence-corrected chi connectivity index (χ1v) is 3.57. The van der Waals surface area contributed by atoms with Gasteiger partial charge in [-0.05, 0) is 24.1 Å². The molecule has 0 unspecified atom stereocenters. The Bertz CT molecular complexity index is 339. The summed E-state index contributed by atoms with van der Waals surface area (Å²) in [6, 6.07) is 5.12. The quantitative estimate of drug-likeness (QED) is 0.643. The molecule has 0 spiro atoms. The standard InChI is InChI=1S/C9H9FN2/c1-6-7(4-5-11)2-3-8(12)9(6)10/h2-3H,4,12H2,1H3. The molecule has 0 saturated carbocycles. The Morgan fingerprint density at radius 1 is 1.58 bits per heavy atom. The normalized spacial score (nSPS) is 9.42. The van der Waals surface area contributed by atoms with E-state index in [1.54, 1.807) is 13.0 Å². The van der Waals surface area contributed by atoms with Gasteiger partial charge in [0.05, 0.1) is 18.2 Å². The van der Waals surface area contributed by atoms with Crippen LogP contribution in [0.1, 0.15) is 11.1 Å². The summed E-state index contributed by atoms with van der Waals surface area (Å²) >= 11 is 0. The van der Waals surface area contributed by atoms with Crippen LogP contribution in [0.3, 0.4) is 0 Å². The number of halogens is 1. The number of nitriles is 1. The van der Waals surface area contributed by atoms with Gasteiger partial charge in [-0.3, -0.25) is 0 Å². The fourth-order valence-electron chi connectivity index (χ4n) is 1.02. The molecule has 0 heterocycles. The molecule has 2 N–H and O–H groups in total. The Hall–Kier alpha value is -1.56. The molecule has 0 aliphatic heterocycles. The van der Waals surface area contributed by atoms with Crippen LogP contribution in [0, 0.1) is 24.1 Å². The molecule has 2 nitrogen and oxygen atoms in total. The number of benzene rings is 1. The molecule has 1 aromatic carbocycles. The highest BCUT2D eigenvalue weighted by molar-refractivity contribution is 5.46. The van der Waals surface area contributed by atoms with Crippen molar-refractivity contribution < 1.29 is 4.39 Å². The predicted octanol–water partition coefficient (Wildman–Crippen LogP) is 1.78. The lowest BCUT2D eigenvalue weighted by molar-refractivity contribution is 0.621. The molecule has 0 saturated heterocycles. The van der Waals surface area contributed by atoms with Gasteiger partial charge >= 0.3 is 0 Å². The van der Waals surface area contributed by atoms with E-state index >= 15 is 0 Å². The second kappa shape index (κ2) is 3.22. The van der Waals surface area contributed by atoms with E-state index in [0.29, 0.717) is 11.1 Å². The molecule has 0 aliphatic rings. The van der Waals surface area contributed by atoms with Crippen molar-refractivity contribution >= 4 is 5.69 Å². The van der Waals surface area contributed by atoms with Gasteiger partial charge in [-0.25, -0.2) is 4.39 Å². The van der Waals surface area contributed by atoms with Crippen LogP contribution in [-0.4, -0.2) is 0 Å². The third-order valence-corrected chi connectivity index (χ3v) is 1.80. The average Bonchev–Trinajstić information content (AvgIpc) is 2.07. The van der Waals surface area contributed by atoms with Crippen LogP contribution < -0.4 is 5.73 Å². The summed E-state index contributed by atoms with van der Waals surface area (Å²) in [4.78, 5) is 0. The number of rotatable bonds is 1. The molecule has 0 radical (unpaired) electrons. The third kappa shape index (κ3) is 1.37. The number of nitrogens with zero attached hydrogens (tertiary/aromatic N) is 1. The summed E-state index contributed by atoms with van der Waals surface area (Å²) < 4.78 is 13.1. The van der Waals surface area contributed by atoms with Crippen molar-refractivity contribution in [3.63, 3.8) is 0 Å². The van der Waals surface area contributed by atoms with E-state index in [1.165, 1.54) is 6.07 Å². The van der Waals surface area contributed by atoms with E-state index in [2.05, 4.69) is 0 Å². The van der Waals surface area contributed by atoms with Crippen molar-refractivity contribution in [1.29, 1.82) is 5.26 Å². The van der Waals surface area contributed by atoms with Crippen LogP contribution in [0.5, 0.6) is 0 Å². The second-order valence-corrected chi connectivity index (χ2v) is 2.59. The zero-order valence-electron chi connectivity index (χ0n) is 6.76. The SMILES string of the molecule is Cc1c(CC#N)ccc(N)c1F. The summed E-state index contributed by atoms with van der Waals surface area (Å²) in [6.07, 6.45) is 0.225. The van der Waals surface area contributed by atoms with E-state index in [0.717, 1.165) is 0 Å². The molecule has 0 atom stereocenters. The minimum Gasteiger partial charge on any atom is -0.396 e. The Morgan fingerprint density at radius 2 is 2.25 bits per heavy atom. The number of nitrogen functional groups attached to an aromatic ring is 1. The van der Waals surface area contributed by atoms with Crippen LogP contribution in [0.25, 0.3) is 0 Å². The molecule has 0 aliphatic carbocycles. The smallest absolute Gasteiger partial charge is 0.149 e. The van der Waals surface area contributed by atoms with Crippen LogP contribution in [0.15, 0.2) is 12.1 Å². The number of hydrogen-bond acceptors (Lipinski definition) is 2. The predicted molar refractivity (Wildman–Crippen MR) is 44.9 cm³/mol. The molecule has 62 valence electrons. The van der Waals surface area contributed by atoms with E-state index in [1.807, 2.05) is 6.07 Å². The monoisotopic (exact) mass is 164 g/mol. The summed E-state index contributed by atoms with van der Waals surface area (Å²) in [7, 11) is 0. The molecule has 1 rings (SSSR count). The highest BCUT2D eigenvalue weighted by Gasteiger charge is 2.06. The third-order valence-electron chi connectivity index (χ3n) is 1.80. The van der Waals surface area contributed by atoms with E-state index in [4.69, 9.17) is 11.0 Å². The van der Waals surface area contributed by atoms with E-state index in [9.17, 15) is 4.39 Å². The van der Waals surface area contributed by atoms with Crippen molar-refractivity contribution in [2.75, 3.05) is 5.73 Å². The number of anilines is 1. The summed E-state index contributed by atoms with van der Waals surface area (Å²) in [5.41, 5.74) is 6.63. The van der Waals surface area contributed by atoms with Gasteiger partial charge in [0.25, 0.3) is 0 Å². The summed E-state index contributed by atoms with van der Waals surface area (Å²) in [5.74, 6) is -0.414. The lowest BCUT2D eigenvalue weighted by atomic mass is 10.1. The van der Waals surface area contributed by atoms with Crippen molar-refractivity contribution in [1.82, 2.24) is 0 Å². The van der Waals surface area contributed by atoms with Gasteiger partial charge in [0, 0.05) is 0 Å². The molecular formula is C9H9FN2. The topological polar surface area (TPSA) is 49.8 Å². The number of nitrogens with two attached hydrogens (primary N) is 1. The van der Waals surface area contributed by atoms with Gasteiger partial charge < -0.3 is 5.73 Å². The molecule has 0 fully saturated rings. The Labute approximate surface area is 70.4 Å². The maximum Gasteiger partial charge on any atom is 0.149 e. The first-order valence-electron chi connectivity index (χ1n) is 3.57. The summed E-state index contributed by atoms with van der Waals surface area (Å²) in [6.45, 7) is 1.62. The van der Waals surface area contributed by atoms with Crippen molar-refractivity contribution in [3.8, 4) is 6.07 Å². The lowest BCUT2D eigenvalue weighted by Crippen LogP contribution is -1.97.